The number of esters is 1. The van der Waals surface area contributed by atoms with Crippen LogP contribution in [0.5, 0.6) is 11.5 Å². The second-order valence-electron chi connectivity index (χ2n) is 4.46. The summed E-state index contributed by atoms with van der Waals surface area (Å²) in [6.45, 7) is 5.45. The first-order chi connectivity index (χ1) is 8.74. The lowest BCUT2D eigenvalue weighted by molar-refractivity contribution is -0.131. The molecule has 4 heteroatoms. The number of carbonyl (C=O) groups excluding carboxylic acids is 1. The molecule has 1 heterocycles. The number of rotatable bonds is 5. The van der Waals surface area contributed by atoms with Crippen LogP contribution < -0.4 is 9.47 Å². The summed E-state index contributed by atoms with van der Waals surface area (Å²) in [5.74, 6) is 1.05. The molecule has 1 aromatic rings. The molecule has 1 fully saturated rings. The van der Waals surface area contributed by atoms with E-state index in [1.165, 1.54) is 32.9 Å². The summed E-state index contributed by atoms with van der Waals surface area (Å²) in [7, 11) is 0. The van der Waals surface area contributed by atoms with Gasteiger partial charge in [-0.25, -0.2) is 0 Å². The molecule has 18 heavy (non-hydrogen) atoms. The van der Waals surface area contributed by atoms with E-state index in [1.54, 1.807) is 12.1 Å². The molecule has 0 spiro atoms. The first-order valence-electron chi connectivity index (χ1n) is 6.38. The normalized spacial score (nSPS) is 15.6. The molecule has 98 valence electrons. The number of nitrogens with zero attached hydrogens (tertiary/aromatic N) is 1. The lowest BCUT2D eigenvalue weighted by Crippen LogP contribution is -2.25. The number of likely N-dealkylation sites (tertiary alicyclic amines) is 1. The summed E-state index contributed by atoms with van der Waals surface area (Å²) < 4.78 is 10.6. The number of ether oxygens (including phenoxy) is 2. The first kappa shape index (κ1) is 12.9. The van der Waals surface area contributed by atoms with Crippen molar-refractivity contribution in [3.8, 4) is 11.5 Å². The van der Waals surface area contributed by atoms with Crippen molar-refractivity contribution in [2.45, 2.75) is 19.8 Å². The van der Waals surface area contributed by atoms with Gasteiger partial charge < -0.3 is 9.47 Å². The largest absolute Gasteiger partial charge is 0.492 e. The van der Waals surface area contributed by atoms with Crippen LogP contribution in [-0.4, -0.2) is 37.1 Å². The van der Waals surface area contributed by atoms with Crippen LogP contribution >= 0.6 is 0 Å². The molecule has 0 amide bonds. The zero-order valence-corrected chi connectivity index (χ0v) is 10.7. The highest BCUT2D eigenvalue weighted by atomic mass is 16.5. The van der Waals surface area contributed by atoms with E-state index in [0.29, 0.717) is 12.4 Å². The molecule has 2 rings (SSSR count). The van der Waals surface area contributed by atoms with Gasteiger partial charge in [0, 0.05) is 13.5 Å². The lowest BCUT2D eigenvalue weighted by Gasteiger charge is -2.14. The molecule has 1 saturated heterocycles. The van der Waals surface area contributed by atoms with Crippen molar-refractivity contribution in [3.05, 3.63) is 24.3 Å². The van der Waals surface area contributed by atoms with E-state index in [0.717, 1.165) is 12.3 Å². The Kier molecular flexibility index (Phi) is 4.59. The summed E-state index contributed by atoms with van der Waals surface area (Å²) in [4.78, 5) is 13.2. The van der Waals surface area contributed by atoms with Crippen LogP contribution in [-0.2, 0) is 4.79 Å². The van der Waals surface area contributed by atoms with E-state index >= 15 is 0 Å². The summed E-state index contributed by atoms with van der Waals surface area (Å²) in [5, 5.41) is 0. The van der Waals surface area contributed by atoms with Gasteiger partial charge in [-0.15, -0.1) is 0 Å². The molecule has 0 aromatic heterocycles. The van der Waals surface area contributed by atoms with Gasteiger partial charge in [0.25, 0.3) is 0 Å². The molecular weight excluding hydrogens is 230 g/mol. The second kappa shape index (κ2) is 6.40. The number of hydrogen-bond donors (Lipinski definition) is 0. The van der Waals surface area contributed by atoms with Crippen molar-refractivity contribution in [1.29, 1.82) is 0 Å². The van der Waals surface area contributed by atoms with E-state index in [-0.39, 0.29) is 5.97 Å². The van der Waals surface area contributed by atoms with Gasteiger partial charge in [-0.2, -0.15) is 0 Å². The van der Waals surface area contributed by atoms with Crippen LogP contribution in [0.25, 0.3) is 0 Å². The van der Waals surface area contributed by atoms with Crippen LogP contribution in [0.4, 0.5) is 0 Å². The van der Waals surface area contributed by atoms with Crippen LogP contribution in [0.15, 0.2) is 24.3 Å². The molecule has 1 aliphatic heterocycles. The standard InChI is InChI=1S/C14H19NO3/c1-12(16)18-14-6-4-13(5-7-14)17-11-10-15-8-2-3-9-15/h4-7H,2-3,8-11H2,1H3. The maximum absolute atomic E-state index is 10.8. The Labute approximate surface area is 107 Å². The molecule has 4 nitrogen and oxygen atoms in total. The third-order valence-corrected chi connectivity index (χ3v) is 2.96. The van der Waals surface area contributed by atoms with Gasteiger partial charge in [-0.05, 0) is 50.2 Å². The van der Waals surface area contributed by atoms with Gasteiger partial charge in [0.15, 0.2) is 0 Å². The Morgan fingerprint density at radius 2 is 1.78 bits per heavy atom. The Hall–Kier alpha value is -1.55. The van der Waals surface area contributed by atoms with E-state index in [9.17, 15) is 4.79 Å². The van der Waals surface area contributed by atoms with E-state index in [2.05, 4.69) is 4.90 Å². The molecule has 0 saturated carbocycles. The predicted molar refractivity (Wildman–Crippen MR) is 68.9 cm³/mol. The molecule has 1 aromatic carbocycles. The van der Waals surface area contributed by atoms with Crippen molar-refractivity contribution >= 4 is 5.97 Å². The zero-order valence-electron chi connectivity index (χ0n) is 10.7. The van der Waals surface area contributed by atoms with Gasteiger partial charge in [-0.1, -0.05) is 0 Å². The minimum absolute atomic E-state index is 0.308. The third-order valence-electron chi connectivity index (χ3n) is 2.96. The van der Waals surface area contributed by atoms with Gasteiger partial charge in [-0.3, -0.25) is 9.69 Å². The van der Waals surface area contributed by atoms with Crippen molar-refractivity contribution in [2.75, 3.05) is 26.2 Å². The van der Waals surface area contributed by atoms with E-state index in [4.69, 9.17) is 9.47 Å². The van der Waals surface area contributed by atoms with Crippen LogP contribution in [0.2, 0.25) is 0 Å². The smallest absolute Gasteiger partial charge is 0.308 e. The maximum Gasteiger partial charge on any atom is 0.308 e. The molecule has 0 atom stereocenters. The van der Waals surface area contributed by atoms with Crippen molar-refractivity contribution in [2.24, 2.45) is 0 Å². The average Bonchev–Trinajstić information content (AvgIpc) is 2.84. The fraction of sp³-hybridized carbons (Fsp3) is 0.500. The summed E-state index contributed by atoms with van der Waals surface area (Å²) in [6.07, 6.45) is 2.61. The molecule has 0 aliphatic carbocycles. The Morgan fingerprint density at radius 1 is 1.17 bits per heavy atom. The molecule has 0 unspecified atom stereocenters. The van der Waals surface area contributed by atoms with Crippen LogP contribution in [0.3, 0.4) is 0 Å². The minimum Gasteiger partial charge on any atom is -0.492 e. The highest BCUT2D eigenvalue weighted by Crippen LogP contribution is 2.17. The number of benzene rings is 1. The van der Waals surface area contributed by atoms with Crippen molar-refractivity contribution < 1.29 is 14.3 Å². The highest BCUT2D eigenvalue weighted by Gasteiger charge is 2.10. The van der Waals surface area contributed by atoms with Gasteiger partial charge >= 0.3 is 5.97 Å². The highest BCUT2D eigenvalue weighted by molar-refractivity contribution is 5.69. The Balaban J connectivity index is 1.73. The van der Waals surface area contributed by atoms with Crippen LogP contribution in [0, 0.1) is 0 Å². The maximum atomic E-state index is 10.8. The first-order valence-corrected chi connectivity index (χ1v) is 6.38. The predicted octanol–water partition coefficient (Wildman–Crippen LogP) is 2.09. The van der Waals surface area contributed by atoms with Crippen molar-refractivity contribution in [1.82, 2.24) is 4.90 Å². The summed E-state index contributed by atoms with van der Waals surface area (Å²) in [6, 6.07) is 7.13. The Morgan fingerprint density at radius 3 is 2.39 bits per heavy atom. The van der Waals surface area contributed by atoms with Crippen LogP contribution in [0.1, 0.15) is 19.8 Å². The molecule has 0 N–H and O–H groups in total. The molecule has 0 radical (unpaired) electrons. The molecular formula is C14H19NO3. The van der Waals surface area contributed by atoms with E-state index < -0.39 is 0 Å². The van der Waals surface area contributed by atoms with Crippen molar-refractivity contribution in [3.63, 3.8) is 0 Å². The number of hydrogen-bond acceptors (Lipinski definition) is 4. The topological polar surface area (TPSA) is 38.8 Å². The average molecular weight is 249 g/mol. The fourth-order valence-corrected chi connectivity index (χ4v) is 2.07. The molecule has 1 aliphatic rings. The van der Waals surface area contributed by atoms with Gasteiger partial charge in [0.05, 0.1) is 0 Å². The van der Waals surface area contributed by atoms with Gasteiger partial charge in [0.2, 0.25) is 0 Å². The zero-order chi connectivity index (χ0) is 12.8. The SMILES string of the molecule is CC(=O)Oc1ccc(OCCN2CCCC2)cc1. The summed E-state index contributed by atoms with van der Waals surface area (Å²) in [5.41, 5.74) is 0. The monoisotopic (exact) mass is 249 g/mol. The number of carbonyl (C=O) groups is 1. The summed E-state index contributed by atoms with van der Waals surface area (Å²) >= 11 is 0. The second-order valence-corrected chi connectivity index (χ2v) is 4.46. The minimum atomic E-state index is -0.308. The quantitative estimate of drug-likeness (QED) is 0.591. The molecule has 0 bridgehead atoms. The Bertz CT molecular complexity index is 383. The van der Waals surface area contributed by atoms with E-state index in [1.807, 2.05) is 12.1 Å². The lowest BCUT2D eigenvalue weighted by atomic mass is 10.3. The van der Waals surface area contributed by atoms with Gasteiger partial charge in [0.1, 0.15) is 18.1 Å². The third kappa shape index (κ3) is 4.04. The fourth-order valence-electron chi connectivity index (χ4n) is 2.07.